The molecule has 0 N–H and O–H groups in total. The normalized spacial score (nSPS) is 10.1. The molecule has 0 aliphatic rings. The Labute approximate surface area is 101 Å². The molecule has 0 atom stereocenters. The Morgan fingerprint density at radius 3 is 2.67 bits per heavy atom. The minimum absolute atomic E-state index is 0.632. The number of methoxy groups -OCH3 is 1. The van der Waals surface area contributed by atoms with E-state index < -0.39 is 0 Å². The molecule has 0 spiro atoms. The van der Waals surface area contributed by atoms with E-state index in [0.29, 0.717) is 16.7 Å². The van der Waals surface area contributed by atoms with Crippen LogP contribution in [0.3, 0.4) is 0 Å². The lowest BCUT2D eigenvalue weighted by Crippen LogP contribution is -2.18. The number of alkyl halides is 1. The van der Waals surface area contributed by atoms with Gasteiger partial charge >= 0.3 is 0 Å². The molecule has 84 valence electrons. The van der Waals surface area contributed by atoms with Crippen molar-refractivity contribution in [1.29, 1.82) is 0 Å². The van der Waals surface area contributed by atoms with E-state index in [9.17, 15) is 0 Å². The summed E-state index contributed by atoms with van der Waals surface area (Å²) in [4.78, 5) is 2.12. The highest BCUT2D eigenvalue weighted by atomic mass is 35.5. The zero-order valence-electron chi connectivity index (χ0n) is 8.96. The monoisotopic (exact) mass is 247 g/mol. The molecule has 0 unspecified atom stereocenters. The van der Waals surface area contributed by atoms with Crippen LogP contribution in [0, 0.1) is 0 Å². The minimum atomic E-state index is 0.632. The summed E-state index contributed by atoms with van der Waals surface area (Å²) in [5.74, 6) is 1.37. The number of anilines is 1. The lowest BCUT2D eigenvalue weighted by molar-refractivity contribution is 0.415. The van der Waals surface area contributed by atoms with Gasteiger partial charge in [-0.1, -0.05) is 11.6 Å². The van der Waals surface area contributed by atoms with Crippen molar-refractivity contribution >= 4 is 28.9 Å². The summed E-state index contributed by atoms with van der Waals surface area (Å²) in [6, 6.07) is 5.75. The second kappa shape index (κ2) is 6.09. The maximum Gasteiger partial charge on any atom is 0.137 e. The lowest BCUT2D eigenvalue weighted by Gasteiger charge is -2.19. The lowest BCUT2D eigenvalue weighted by atomic mass is 10.2. The molecular weight excluding hydrogens is 233 g/mol. The van der Waals surface area contributed by atoms with Gasteiger partial charge in [-0.3, -0.25) is 0 Å². The summed E-state index contributed by atoms with van der Waals surface area (Å²) in [6.45, 7) is 0.923. The molecule has 15 heavy (non-hydrogen) atoms. The van der Waals surface area contributed by atoms with Crippen LogP contribution < -0.4 is 9.64 Å². The highest BCUT2D eigenvalue weighted by molar-refractivity contribution is 6.32. The highest BCUT2D eigenvalue weighted by Crippen LogP contribution is 2.28. The summed E-state index contributed by atoms with van der Waals surface area (Å²) >= 11 is 11.7. The van der Waals surface area contributed by atoms with Gasteiger partial charge in [0.05, 0.1) is 12.1 Å². The average molecular weight is 248 g/mol. The molecule has 1 rings (SSSR count). The molecule has 0 aliphatic heterocycles. The first kappa shape index (κ1) is 12.5. The fraction of sp³-hybridized carbons (Fsp3) is 0.455. The molecule has 1 aromatic rings. The van der Waals surface area contributed by atoms with Crippen LogP contribution in [-0.4, -0.2) is 26.6 Å². The second-order valence-corrected chi connectivity index (χ2v) is 4.07. The third-order valence-electron chi connectivity index (χ3n) is 2.20. The van der Waals surface area contributed by atoms with Crippen molar-refractivity contribution in [2.24, 2.45) is 0 Å². The van der Waals surface area contributed by atoms with Gasteiger partial charge in [-0.2, -0.15) is 0 Å². The van der Waals surface area contributed by atoms with Crippen LogP contribution in [0.15, 0.2) is 18.2 Å². The summed E-state index contributed by atoms with van der Waals surface area (Å²) in [5.41, 5.74) is 1.07. The van der Waals surface area contributed by atoms with E-state index in [1.807, 2.05) is 25.2 Å². The van der Waals surface area contributed by atoms with Crippen LogP contribution in [0.25, 0.3) is 0 Å². The number of halogens is 2. The maximum absolute atomic E-state index is 6.03. The van der Waals surface area contributed by atoms with E-state index in [-0.39, 0.29) is 0 Å². The number of ether oxygens (including phenoxy) is 1. The molecular formula is C11H15Cl2NO. The smallest absolute Gasteiger partial charge is 0.137 e. The zero-order valence-corrected chi connectivity index (χ0v) is 10.5. The van der Waals surface area contributed by atoms with Crippen LogP contribution in [0.1, 0.15) is 6.42 Å². The predicted octanol–water partition coefficient (Wildman–Crippen LogP) is 3.41. The average Bonchev–Trinajstić information content (AvgIpc) is 2.25. The van der Waals surface area contributed by atoms with Crippen LogP contribution in [-0.2, 0) is 0 Å². The third-order valence-corrected chi connectivity index (χ3v) is 2.77. The fourth-order valence-corrected chi connectivity index (χ4v) is 1.69. The maximum atomic E-state index is 6.03. The van der Waals surface area contributed by atoms with Crippen LogP contribution in [0.4, 0.5) is 5.69 Å². The molecule has 0 amide bonds. The molecule has 0 radical (unpaired) electrons. The SMILES string of the molecule is COc1ccc(N(C)CCCCl)cc1Cl. The van der Waals surface area contributed by atoms with Gasteiger partial charge in [0.1, 0.15) is 5.75 Å². The van der Waals surface area contributed by atoms with Crippen molar-refractivity contribution in [3.05, 3.63) is 23.2 Å². The van der Waals surface area contributed by atoms with E-state index in [1.54, 1.807) is 7.11 Å². The molecule has 2 nitrogen and oxygen atoms in total. The first-order valence-electron chi connectivity index (χ1n) is 4.79. The third kappa shape index (κ3) is 3.47. The van der Waals surface area contributed by atoms with Gasteiger partial charge < -0.3 is 9.64 Å². The number of rotatable bonds is 5. The van der Waals surface area contributed by atoms with Gasteiger partial charge in [0.25, 0.3) is 0 Å². The number of benzene rings is 1. The van der Waals surface area contributed by atoms with E-state index in [1.165, 1.54) is 0 Å². The summed E-state index contributed by atoms with van der Waals surface area (Å²) in [5, 5.41) is 0.632. The Kier molecular flexibility index (Phi) is 5.06. The molecule has 0 aliphatic carbocycles. The van der Waals surface area contributed by atoms with Crippen molar-refractivity contribution < 1.29 is 4.74 Å². The Morgan fingerprint density at radius 2 is 2.13 bits per heavy atom. The van der Waals surface area contributed by atoms with Gasteiger partial charge in [0.2, 0.25) is 0 Å². The molecule has 0 fully saturated rings. The van der Waals surface area contributed by atoms with Gasteiger partial charge in [0.15, 0.2) is 0 Å². The minimum Gasteiger partial charge on any atom is -0.495 e. The molecule has 0 heterocycles. The Balaban J connectivity index is 2.73. The molecule has 1 aromatic carbocycles. The van der Waals surface area contributed by atoms with Gasteiger partial charge in [-0.25, -0.2) is 0 Å². The van der Waals surface area contributed by atoms with E-state index in [0.717, 1.165) is 18.7 Å². The van der Waals surface area contributed by atoms with Crippen molar-refractivity contribution in [3.63, 3.8) is 0 Å². The van der Waals surface area contributed by atoms with E-state index in [2.05, 4.69) is 4.90 Å². The fourth-order valence-electron chi connectivity index (χ4n) is 1.32. The van der Waals surface area contributed by atoms with E-state index in [4.69, 9.17) is 27.9 Å². The molecule has 0 saturated carbocycles. The van der Waals surface area contributed by atoms with Crippen molar-refractivity contribution in [1.82, 2.24) is 0 Å². The van der Waals surface area contributed by atoms with Gasteiger partial charge in [0, 0.05) is 25.2 Å². The van der Waals surface area contributed by atoms with Crippen molar-refractivity contribution in [2.45, 2.75) is 6.42 Å². The Hall–Kier alpha value is -0.600. The van der Waals surface area contributed by atoms with Crippen molar-refractivity contribution in [3.8, 4) is 5.75 Å². The standard InChI is InChI=1S/C11H15Cl2NO/c1-14(7-3-6-12)9-4-5-11(15-2)10(13)8-9/h4-5,8H,3,6-7H2,1-2H3. The summed E-state index contributed by atoms with van der Waals surface area (Å²) in [7, 11) is 3.63. The van der Waals surface area contributed by atoms with Gasteiger partial charge in [-0.05, 0) is 24.6 Å². The highest BCUT2D eigenvalue weighted by Gasteiger charge is 2.04. The largest absolute Gasteiger partial charge is 0.495 e. The first-order valence-corrected chi connectivity index (χ1v) is 5.71. The zero-order chi connectivity index (χ0) is 11.3. The predicted molar refractivity (Wildman–Crippen MR) is 66.6 cm³/mol. The Morgan fingerprint density at radius 1 is 1.40 bits per heavy atom. The van der Waals surface area contributed by atoms with Gasteiger partial charge in [-0.15, -0.1) is 11.6 Å². The number of hydrogen-bond acceptors (Lipinski definition) is 2. The second-order valence-electron chi connectivity index (χ2n) is 3.28. The molecule has 0 bridgehead atoms. The van der Waals surface area contributed by atoms with Crippen LogP contribution in [0.2, 0.25) is 5.02 Å². The quantitative estimate of drug-likeness (QED) is 0.740. The Bertz CT molecular complexity index is 317. The number of hydrogen-bond donors (Lipinski definition) is 0. The molecule has 0 aromatic heterocycles. The molecule has 0 saturated heterocycles. The van der Waals surface area contributed by atoms with E-state index >= 15 is 0 Å². The summed E-state index contributed by atoms with van der Waals surface area (Å²) in [6.07, 6.45) is 0.960. The number of nitrogens with zero attached hydrogens (tertiary/aromatic N) is 1. The molecule has 4 heteroatoms. The summed E-state index contributed by atoms with van der Waals surface area (Å²) < 4.78 is 5.09. The van der Waals surface area contributed by atoms with Crippen LogP contribution >= 0.6 is 23.2 Å². The van der Waals surface area contributed by atoms with Crippen LogP contribution in [0.5, 0.6) is 5.75 Å². The topological polar surface area (TPSA) is 12.5 Å². The first-order chi connectivity index (χ1) is 7.19. The van der Waals surface area contributed by atoms with Crippen molar-refractivity contribution in [2.75, 3.05) is 31.5 Å².